The van der Waals surface area contributed by atoms with Crippen LogP contribution in [0.25, 0.3) is 22.6 Å². The molecule has 35 heavy (non-hydrogen) atoms. The average Bonchev–Trinajstić information content (AvgIpc) is 3.66. The third-order valence-corrected chi connectivity index (χ3v) is 7.56. The molecular weight excluding hydrogens is 458 g/mol. The van der Waals surface area contributed by atoms with Crippen LogP contribution in [0.1, 0.15) is 27.7 Å². The number of fused-ring (bicyclic) bond motifs is 2. The van der Waals surface area contributed by atoms with E-state index in [2.05, 4.69) is 39.9 Å². The number of aromatic nitrogens is 1. The highest BCUT2D eigenvalue weighted by molar-refractivity contribution is 8.14. The van der Waals surface area contributed by atoms with Crippen LogP contribution in [0.5, 0.6) is 0 Å². The lowest BCUT2D eigenvalue weighted by Crippen LogP contribution is -2.37. The van der Waals surface area contributed by atoms with Gasteiger partial charge in [-0.3, -0.25) is 9.79 Å². The Kier molecular flexibility index (Phi) is 5.67. The molecule has 2 aromatic heterocycles. The highest BCUT2D eigenvalue weighted by Crippen LogP contribution is 2.40. The van der Waals surface area contributed by atoms with E-state index in [1.165, 1.54) is 10.9 Å². The Balaban J connectivity index is 1.09. The maximum Gasteiger partial charge on any atom is 0.256 e. The lowest BCUT2D eigenvalue weighted by molar-refractivity contribution is -0.110. The van der Waals surface area contributed by atoms with E-state index in [9.17, 15) is 4.79 Å². The fourth-order valence-corrected chi connectivity index (χ4v) is 5.60. The van der Waals surface area contributed by atoms with Crippen LogP contribution in [0.4, 0.5) is 5.69 Å². The quantitative estimate of drug-likeness (QED) is 0.301. The Morgan fingerprint density at radius 1 is 1.23 bits per heavy atom. The first-order valence-corrected chi connectivity index (χ1v) is 12.5. The van der Waals surface area contributed by atoms with E-state index in [-0.39, 0.29) is 17.2 Å². The highest BCUT2D eigenvalue weighted by atomic mass is 32.2. The van der Waals surface area contributed by atoms with Crippen LogP contribution >= 0.6 is 11.8 Å². The van der Waals surface area contributed by atoms with Gasteiger partial charge in [0.05, 0.1) is 23.6 Å². The molecule has 2 aliphatic heterocycles. The molecule has 1 unspecified atom stereocenters. The number of nitrogens with one attached hydrogen (secondary N) is 3. The van der Waals surface area contributed by atoms with Crippen LogP contribution in [-0.2, 0) is 11.2 Å². The van der Waals surface area contributed by atoms with Crippen LogP contribution in [0.15, 0.2) is 76.5 Å². The number of aromatic amines is 1. The number of furan rings is 1. The normalized spacial score (nSPS) is 19.1. The van der Waals surface area contributed by atoms with E-state index in [0.717, 1.165) is 33.9 Å². The van der Waals surface area contributed by atoms with Crippen LogP contribution in [0, 0.1) is 0 Å². The lowest BCUT2D eigenvalue weighted by atomic mass is 10.0. The summed E-state index contributed by atoms with van der Waals surface area (Å²) in [6, 6.07) is 18.0. The Labute approximate surface area is 206 Å². The predicted molar refractivity (Wildman–Crippen MR) is 142 cm³/mol. The highest BCUT2D eigenvalue weighted by Gasteiger charge is 2.28. The molecule has 1 amide bonds. The summed E-state index contributed by atoms with van der Waals surface area (Å²) in [6.45, 7) is 1.33. The summed E-state index contributed by atoms with van der Waals surface area (Å²) in [5.41, 5.74) is 12.3. The number of nitrogens with two attached hydrogens (primary N) is 1. The molecule has 0 spiro atoms. The van der Waals surface area contributed by atoms with Gasteiger partial charge in [-0.25, -0.2) is 0 Å². The number of amides is 1. The van der Waals surface area contributed by atoms with Crippen molar-refractivity contribution in [2.45, 2.75) is 17.7 Å². The standard InChI is InChI=1S/C27H25N5O2S/c28-18(10-17-13-29-23-6-2-1-5-20(17)23)14-30-27-31-15-25(35-27)16-7-8-24-21(11-16)22(26(33)32-24)12-19-4-3-9-34-19/h1-9,11-13,18,25,29H,10,14-15,28H2,(H,30,31)(H,32,33)/b22-12+/t18-,25?/m0/s1. The Morgan fingerprint density at radius 2 is 2.14 bits per heavy atom. The number of carbonyl (C=O) groups excluding carboxylic acids is 1. The summed E-state index contributed by atoms with van der Waals surface area (Å²) < 4.78 is 5.40. The van der Waals surface area contributed by atoms with Gasteiger partial charge in [0.1, 0.15) is 5.76 Å². The molecule has 2 aliphatic rings. The topological polar surface area (TPSA) is 108 Å². The smallest absolute Gasteiger partial charge is 0.256 e. The molecule has 2 aromatic carbocycles. The van der Waals surface area contributed by atoms with Crippen molar-refractivity contribution in [3.8, 4) is 0 Å². The van der Waals surface area contributed by atoms with Crippen LogP contribution in [0.3, 0.4) is 0 Å². The number of carbonyl (C=O) groups is 1. The van der Waals surface area contributed by atoms with Crippen molar-refractivity contribution in [1.82, 2.24) is 10.3 Å². The third-order valence-electron chi connectivity index (χ3n) is 6.36. The van der Waals surface area contributed by atoms with E-state index >= 15 is 0 Å². The van der Waals surface area contributed by atoms with Crippen LogP contribution < -0.4 is 16.4 Å². The third kappa shape index (κ3) is 4.38. The van der Waals surface area contributed by atoms with Crippen molar-refractivity contribution in [3.05, 3.63) is 89.5 Å². The Morgan fingerprint density at radius 3 is 3.03 bits per heavy atom. The lowest BCUT2D eigenvalue weighted by Gasteiger charge is -2.14. The van der Waals surface area contributed by atoms with E-state index in [1.54, 1.807) is 24.1 Å². The fourth-order valence-electron chi connectivity index (χ4n) is 4.58. The minimum Gasteiger partial charge on any atom is -0.465 e. The SMILES string of the molecule is N[C@H](CNC1=NCC(c2ccc3c(c2)/C(=C\c2ccco2)C(=O)N3)S1)Cc1c[nH]c2ccccc12. The van der Waals surface area contributed by atoms with Crippen molar-refractivity contribution in [2.24, 2.45) is 10.7 Å². The number of aliphatic imine (C=N–C) groups is 1. The van der Waals surface area contributed by atoms with Gasteiger partial charge >= 0.3 is 0 Å². The molecule has 7 nitrogen and oxygen atoms in total. The zero-order valence-corrected chi connectivity index (χ0v) is 19.8. The molecule has 0 aliphatic carbocycles. The minimum absolute atomic E-state index is 0.0251. The number of benzene rings is 2. The van der Waals surface area contributed by atoms with Gasteiger partial charge in [-0.2, -0.15) is 0 Å². The largest absolute Gasteiger partial charge is 0.465 e. The second-order valence-corrected chi connectivity index (χ2v) is 9.98. The van der Waals surface area contributed by atoms with Crippen molar-refractivity contribution < 1.29 is 9.21 Å². The predicted octanol–water partition coefficient (Wildman–Crippen LogP) is 4.56. The van der Waals surface area contributed by atoms with Gasteiger partial charge in [-0.15, -0.1) is 0 Å². The molecule has 2 atom stereocenters. The number of nitrogens with zero attached hydrogens (tertiary/aromatic N) is 1. The second-order valence-electron chi connectivity index (χ2n) is 8.79. The van der Waals surface area contributed by atoms with Gasteiger partial charge in [0.2, 0.25) is 0 Å². The monoisotopic (exact) mass is 483 g/mol. The van der Waals surface area contributed by atoms with Gasteiger partial charge in [0.15, 0.2) is 5.17 Å². The minimum atomic E-state index is -0.115. The zero-order chi connectivity index (χ0) is 23.8. The summed E-state index contributed by atoms with van der Waals surface area (Å²) >= 11 is 1.70. The number of thioether (sulfide) groups is 1. The Bertz CT molecular complexity index is 1450. The number of hydrogen-bond donors (Lipinski definition) is 4. The zero-order valence-electron chi connectivity index (χ0n) is 19.0. The molecule has 0 bridgehead atoms. The van der Waals surface area contributed by atoms with Gasteiger partial charge in [0.25, 0.3) is 5.91 Å². The average molecular weight is 484 g/mol. The molecule has 0 saturated heterocycles. The summed E-state index contributed by atoms with van der Waals surface area (Å²) in [7, 11) is 0. The number of H-pyrrole nitrogens is 1. The summed E-state index contributed by atoms with van der Waals surface area (Å²) in [4.78, 5) is 20.5. The van der Waals surface area contributed by atoms with Crippen LogP contribution in [0.2, 0.25) is 0 Å². The van der Waals surface area contributed by atoms with Gasteiger partial charge in [-0.05, 0) is 54.0 Å². The molecule has 6 rings (SSSR count). The Hall–Kier alpha value is -3.75. The summed E-state index contributed by atoms with van der Waals surface area (Å²) in [5, 5.41) is 8.68. The molecule has 4 aromatic rings. The van der Waals surface area contributed by atoms with Gasteiger partial charge in [0, 0.05) is 40.9 Å². The van der Waals surface area contributed by atoms with Crippen molar-refractivity contribution in [3.63, 3.8) is 0 Å². The molecule has 0 radical (unpaired) electrons. The molecule has 0 fully saturated rings. The number of amidine groups is 1. The first-order valence-electron chi connectivity index (χ1n) is 11.6. The van der Waals surface area contributed by atoms with E-state index in [4.69, 9.17) is 15.1 Å². The van der Waals surface area contributed by atoms with Crippen molar-refractivity contribution in [1.29, 1.82) is 0 Å². The number of para-hydroxylation sites is 1. The number of hydrogen-bond acceptors (Lipinski definition) is 6. The first-order chi connectivity index (χ1) is 17.1. The summed E-state index contributed by atoms with van der Waals surface area (Å²) in [5.74, 6) is 0.540. The van der Waals surface area contributed by atoms with Crippen molar-refractivity contribution >= 4 is 51.1 Å². The molecule has 0 saturated carbocycles. The maximum absolute atomic E-state index is 12.5. The van der Waals surface area contributed by atoms with Crippen LogP contribution in [-0.4, -0.2) is 35.2 Å². The van der Waals surface area contributed by atoms with E-state index < -0.39 is 0 Å². The maximum atomic E-state index is 12.5. The second kappa shape index (κ2) is 9.13. The molecule has 4 heterocycles. The van der Waals surface area contributed by atoms with Gasteiger partial charge < -0.3 is 25.8 Å². The first kappa shape index (κ1) is 21.8. The number of rotatable bonds is 6. The molecular formula is C27H25N5O2S. The fraction of sp³-hybridized carbons (Fsp3) is 0.185. The molecule has 8 heteroatoms. The number of anilines is 1. The van der Waals surface area contributed by atoms with E-state index in [0.29, 0.717) is 24.4 Å². The molecule has 176 valence electrons. The van der Waals surface area contributed by atoms with E-state index in [1.807, 2.05) is 36.5 Å². The molecule has 5 N–H and O–H groups in total. The summed E-state index contributed by atoms with van der Waals surface area (Å²) in [6.07, 6.45) is 6.22. The van der Waals surface area contributed by atoms with Crippen molar-refractivity contribution in [2.75, 3.05) is 18.4 Å². The van der Waals surface area contributed by atoms with Gasteiger partial charge in [-0.1, -0.05) is 36.0 Å².